The van der Waals surface area contributed by atoms with Gasteiger partial charge in [-0.25, -0.2) is 14.8 Å². The Hall–Kier alpha value is -2.24. The summed E-state index contributed by atoms with van der Waals surface area (Å²) in [5.41, 5.74) is 0.897. The van der Waals surface area contributed by atoms with E-state index in [2.05, 4.69) is 21.4 Å². The largest absolute Gasteiger partial charge is 0.476 e. The van der Waals surface area contributed by atoms with Crippen molar-refractivity contribution >= 4 is 11.9 Å². The summed E-state index contributed by atoms with van der Waals surface area (Å²) in [7, 11) is 0. The smallest absolute Gasteiger partial charge is 0.356 e. The fraction of sp³-hybridized carbons (Fsp3) is 0.429. The standard InChI is InChI=1S/C14H17N3O3/c18-13(11-12(14(19)20)16-9-8-15-11)17-7-6-10-4-2-1-3-5-10/h4,8-9H,1-3,5-7H2,(H,17,18)(H,19,20). The Morgan fingerprint density at radius 1 is 1.20 bits per heavy atom. The van der Waals surface area contributed by atoms with Crippen molar-refractivity contribution in [3.63, 3.8) is 0 Å². The molecule has 1 heterocycles. The molecule has 0 aromatic carbocycles. The van der Waals surface area contributed by atoms with Crippen LogP contribution in [0.2, 0.25) is 0 Å². The van der Waals surface area contributed by atoms with E-state index in [1.54, 1.807) is 0 Å². The number of hydrogen-bond acceptors (Lipinski definition) is 4. The van der Waals surface area contributed by atoms with Gasteiger partial charge in [0, 0.05) is 18.9 Å². The van der Waals surface area contributed by atoms with Crippen molar-refractivity contribution in [2.45, 2.75) is 32.1 Å². The van der Waals surface area contributed by atoms with Crippen LogP contribution in [0.1, 0.15) is 53.1 Å². The molecule has 0 saturated heterocycles. The number of nitrogens with one attached hydrogen (secondary N) is 1. The Bertz CT molecular complexity index is 540. The number of nitrogens with zero attached hydrogens (tertiary/aromatic N) is 2. The molecule has 6 nitrogen and oxygen atoms in total. The summed E-state index contributed by atoms with van der Waals surface area (Å²) in [6.45, 7) is 0.486. The Morgan fingerprint density at radius 2 is 1.95 bits per heavy atom. The lowest BCUT2D eigenvalue weighted by Gasteiger charge is -2.13. The lowest BCUT2D eigenvalue weighted by atomic mass is 9.97. The molecule has 0 aliphatic heterocycles. The van der Waals surface area contributed by atoms with Crippen molar-refractivity contribution in [2.75, 3.05) is 6.54 Å². The molecular weight excluding hydrogens is 258 g/mol. The lowest BCUT2D eigenvalue weighted by molar-refractivity contribution is 0.0683. The number of carbonyl (C=O) groups excluding carboxylic acids is 1. The molecule has 0 radical (unpaired) electrons. The number of hydrogen-bond donors (Lipinski definition) is 2. The Labute approximate surface area is 116 Å². The van der Waals surface area contributed by atoms with E-state index < -0.39 is 11.9 Å². The number of carboxylic acids is 1. The number of amides is 1. The number of aromatic nitrogens is 2. The van der Waals surface area contributed by atoms with Crippen molar-refractivity contribution in [3.8, 4) is 0 Å². The molecule has 0 spiro atoms. The van der Waals surface area contributed by atoms with Crippen molar-refractivity contribution < 1.29 is 14.7 Å². The fourth-order valence-corrected chi connectivity index (χ4v) is 2.21. The van der Waals surface area contributed by atoms with Gasteiger partial charge in [0.25, 0.3) is 5.91 Å². The number of carboxylic acid groups (broad SMARTS) is 1. The van der Waals surface area contributed by atoms with E-state index in [1.807, 2.05) is 0 Å². The van der Waals surface area contributed by atoms with E-state index >= 15 is 0 Å². The van der Waals surface area contributed by atoms with Crippen LogP contribution in [0, 0.1) is 0 Å². The van der Waals surface area contributed by atoms with E-state index in [0.29, 0.717) is 6.54 Å². The number of aromatic carboxylic acids is 1. The van der Waals surface area contributed by atoms with Gasteiger partial charge in [-0.05, 0) is 32.1 Å². The molecule has 1 aliphatic carbocycles. The fourth-order valence-electron chi connectivity index (χ4n) is 2.21. The van der Waals surface area contributed by atoms with Gasteiger partial charge in [-0.3, -0.25) is 4.79 Å². The molecule has 2 N–H and O–H groups in total. The molecule has 0 unspecified atom stereocenters. The summed E-state index contributed by atoms with van der Waals surface area (Å²) in [4.78, 5) is 30.3. The maximum Gasteiger partial charge on any atom is 0.356 e. The van der Waals surface area contributed by atoms with Crippen LogP contribution >= 0.6 is 0 Å². The number of carbonyl (C=O) groups is 2. The van der Waals surface area contributed by atoms with Gasteiger partial charge in [0.2, 0.25) is 0 Å². The highest BCUT2D eigenvalue weighted by Crippen LogP contribution is 2.19. The zero-order valence-corrected chi connectivity index (χ0v) is 11.1. The Kier molecular flexibility index (Phi) is 4.81. The van der Waals surface area contributed by atoms with E-state index in [4.69, 9.17) is 5.11 Å². The van der Waals surface area contributed by atoms with Gasteiger partial charge < -0.3 is 10.4 Å². The first-order valence-electron chi connectivity index (χ1n) is 6.69. The van der Waals surface area contributed by atoms with Crippen LogP contribution in [0.25, 0.3) is 0 Å². The minimum Gasteiger partial charge on any atom is -0.476 e. The predicted octanol–water partition coefficient (Wildman–Crippen LogP) is 1.80. The first kappa shape index (κ1) is 14.2. The molecule has 20 heavy (non-hydrogen) atoms. The Balaban J connectivity index is 1.92. The zero-order chi connectivity index (χ0) is 14.4. The highest BCUT2D eigenvalue weighted by molar-refractivity contribution is 6.01. The normalized spacial score (nSPS) is 14.5. The van der Waals surface area contributed by atoms with Crippen LogP contribution in [0.15, 0.2) is 24.0 Å². The molecule has 0 saturated carbocycles. The van der Waals surface area contributed by atoms with Gasteiger partial charge in [0.1, 0.15) is 0 Å². The second kappa shape index (κ2) is 6.79. The Morgan fingerprint density at radius 3 is 2.60 bits per heavy atom. The second-order valence-electron chi connectivity index (χ2n) is 4.67. The predicted molar refractivity (Wildman–Crippen MR) is 72.5 cm³/mol. The molecule has 1 aliphatic rings. The average molecular weight is 275 g/mol. The molecular formula is C14H17N3O3. The van der Waals surface area contributed by atoms with Crippen LogP contribution in [-0.2, 0) is 0 Å². The third kappa shape index (κ3) is 3.63. The summed E-state index contributed by atoms with van der Waals surface area (Å²) in [5, 5.41) is 11.6. The molecule has 2 rings (SSSR count). The first-order valence-corrected chi connectivity index (χ1v) is 6.69. The third-order valence-corrected chi connectivity index (χ3v) is 3.23. The van der Waals surface area contributed by atoms with E-state index in [9.17, 15) is 9.59 Å². The van der Waals surface area contributed by atoms with E-state index in [-0.39, 0.29) is 11.4 Å². The summed E-state index contributed by atoms with van der Waals surface area (Å²) < 4.78 is 0. The molecule has 0 atom stereocenters. The van der Waals surface area contributed by atoms with Crippen molar-refractivity contribution in [1.82, 2.24) is 15.3 Å². The van der Waals surface area contributed by atoms with Crippen LogP contribution in [0.3, 0.4) is 0 Å². The zero-order valence-electron chi connectivity index (χ0n) is 11.1. The van der Waals surface area contributed by atoms with Crippen LogP contribution in [0.4, 0.5) is 0 Å². The molecule has 1 aromatic heterocycles. The maximum atomic E-state index is 11.9. The van der Waals surface area contributed by atoms with E-state index in [1.165, 1.54) is 30.8 Å². The second-order valence-corrected chi connectivity index (χ2v) is 4.67. The summed E-state index contributed by atoms with van der Waals surface area (Å²) in [5.74, 6) is -1.75. The first-order chi connectivity index (χ1) is 9.68. The van der Waals surface area contributed by atoms with Crippen molar-refractivity contribution in [3.05, 3.63) is 35.4 Å². The van der Waals surface area contributed by atoms with Crippen molar-refractivity contribution in [2.24, 2.45) is 0 Å². The van der Waals surface area contributed by atoms with Crippen LogP contribution < -0.4 is 5.32 Å². The molecule has 0 fully saturated rings. The minimum atomic E-state index is -1.25. The summed E-state index contributed by atoms with van der Waals surface area (Å²) >= 11 is 0. The van der Waals surface area contributed by atoms with Gasteiger partial charge in [-0.1, -0.05) is 11.6 Å². The SMILES string of the molecule is O=C(O)c1nccnc1C(=O)NCCC1=CCCCC1. The lowest BCUT2D eigenvalue weighted by Crippen LogP contribution is -2.28. The molecule has 106 valence electrons. The third-order valence-electron chi connectivity index (χ3n) is 3.23. The molecule has 6 heteroatoms. The summed E-state index contributed by atoms with van der Waals surface area (Å²) in [6, 6.07) is 0. The monoisotopic (exact) mass is 275 g/mol. The molecule has 0 bridgehead atoms. The summed E-state index contributed by atoms with van der Waals surface area (Å²) in [6.07, 6.45) is 10.2. The van der Waals surface area contributed by atoms with Crippen molar-refractivity contribution in [1.29, 1.82) is 0 Å². The number of rotatable bonds is 5. The molecule has 1 aromatic rings. The quantitative estimate of drug-likeness (QED) is 0.799. The van der Waals surface area contributed by atoms with Crippen LogP contribution in [0.5, 0.6) is 0 Å². The minimum absolute atomic E-state index is 0.141. The molecule has 1 amide bonds. The number of allylic oxidation sites excluding steroid dienone is 1. The van der Waals surface area contributed by atoms with E-state index in [0.717, 1.165) is 19.3 Å². The maximum absolute atomic E-state index is 11.9. The van der Waals surface area contributed by atoms with Gasteiger partial charge in [-0.2, -0.15) is 0 Å². The highest BCUT2D eigenvalue weighted by atomic mass is 16.4. The average Bonchev–Trinajstić information content (AvgIpc) is 2.48. The van der Waals surface area contributed by atoms with Crippen LogP contribution in [-0.4, -0.2) is 33.5 Å². The highest BCUT2D eigenvalue weighted by Gasteiger charge is 2.18. The van der Waals surface area contributed by atoms with Gasteiger partial charge in [0.05, 0.1) is 0 Å². The van der Waals surface area contributed by atoms with Gasteiger partial charge >= 0.3 is 5.97 Å². The van der Waals surface area contributed by atoms with Gasteiger partial charge in [0.15, 0.2) is 11.4 Å². The topological polar surface area (TPSA) is 92.2 Å². The van der Waals surface area contributed by atoms with Gasteiger partial charge in [-0.15, -0.1) is 0 Å².